The number of allylic oxidation sites excluding steroid dienone is 4. The van der Waals surface area contributed by atoms with Gasteiger partial charge in [-0.05, 0) is 29.3 Å². The van der Waals surface area contributed by atoms with Crippen molar-refractivity contribution < 1.29 is 8.81 Å². The first-order valence-corrected chi connectivity index (χ1v) is 7.72. The first-order valence-electron chi connectivity index (χ1n) is 7.34. The van der Waals surface area contributed by atoms with Gasteiger partial charge in [0.1, 0.15) is 5.52 Å². The van der Waals surface area contributed by atoms with Gasteiger partial charge in [-0.1, -0.05) is 54.1 Å². The molecule has 2 aromatic carbocycles. The second-order valence-electron chi connectivity index (χ2n) is 5.56. The number of halogens is 2. The van der Waals surface area contributed by atoms with Crippen molar-refractivity contribution in [3.05, 3.63) is 83.2 Å². The summed E-state index contributed by atoms with van der Waals surface area (Å²) in [4.78, 5) is 4.27. The molecule has 4 heteroatoms. The van der Waals surface area contributed by atoms with E-state index in [0.717, 1.165) is 11.1 Å². The normalized spacial score (nSPS) is 20.7. The Kier molecular flexibility index (Phi) is 3.31. The Balaban J connectivity index is 1.67. The topological polar surface area (TPSA) is 26.0 Å². The highest BCUT2D eigenvalue weighted by Crippen LogP contribution is 2.38. The number of benzene rings is 2. The smallest absolute Gasteiger partial charge is 0.237 e. The summed E-state index contributed by atoms with van der Waals surface area (Å²) in [5.41, 5.74) is 1.43. The Morgan fingerprint density at radius 2 is 1.96 bits per heavy atom. The summed E-state index contributed by atoms with van der Waals surface area (Å²) in [6.45, 7) is 0. The monoisotopic (exact) mass is 325 g/mol. The van der Waals surface area contributed by atoms with Crippen molar-refractivity contribution in [2.24, 2.45) is 0 Å². The van der Waals surface area contributed by atoms with Gasteiger partial charge in [0.25, 0.3) is 0 Å². The van der Waals surface area contributed by atoms with Crippen LogP contribution in [0.25, 0.3) is 16.7 Å². The third kappa shape index (κ3) is 2.57. The number of nitrogens with zero attached hydrogens (tertiary/aromatic N) is 1. The third-order valence-electron chi connectivity index (χ3n) is 3.96. The molecule has 0 saturated heterocycles. The molecule has 0 saturated carbocycles. The van der Waals surface area contributed by atoms with Crippen molar-refractivity contribution in [2.45, 2.75) is 12.1 Å². The maximum atomic E-state index is 15.2. The zero-order chi connectivity index (χ0) is 15.9. The second-order valence-corrected chi connectivity index (χ2v) is 5.99. The molecule has 1 heterocycles. The Morgan fingerprint density at radius 3 is 2.70 bits per heavy atom. The van der Waals surface area contributed by atoms with Crippen LogP contribution in [0, 0.1) is 0 Å². The number of rotatable bonds is 2. The first-order chi connectivity index (χ1) is 11.1. The third-order valence-corrected chi connectivity index (χ3v) is 4.19. The molecule has 0 radical (unpaired) electrons. The van der Waals surface area contributed by atoms with Crippen molar-refractivity contribution in [3.63, 3.8) is 0 Å². The standard InChI is InChI=1S/C19H13ClFNO/c20-15-6-7-16-17(12-15)23-18(22-16)19(21)10-8-14(9-11-19)13-4-2-1-3-5-13/h1-10,12H,11H2. The van der Waals surface area contributed by atoms with Crippen molar-refractivity contribution >= 4 is 28.3 Å². The summed E-state index contributed by atoms with van der Waals surface area (Å²) in [6, 6.07) is 15.0. The molecular weight excluding hydrogens is 313 g/mol. The summed E-state index contributed by atoms with van der Waals surface area (Å²) in [7, 11) is 0. The highest BCUT2D eigenvalue weighted by Gasteiger charge is 2.35. The van der Waals surface area contributed by atoms with Crippen LogP contribution in [0.5, 0.6) is 0 Å². The predicted octanol–water partition coefficient (Wildman–Crippen LogP) is 5.69. The van der Waals surface area contributed by atoms with Crippen LogP contribution in [0.15, 0.2) is 71.2 Å². The summed E-state index contributed by atoms with van der Waals surface area (Å²) in [5, 5.41) is 0.540. The molecular formula is C19H13ClFNO. The quantitative estimate of drug-likeness (QED) is 0.605. The minimum absolute atomic E-state index is 0.0642. The van der Waals surface area contributed by atoms with Crippen LogP contribution < -0.4 is 0 Å². The van der Waals surface area contributed by atoms with Gasteiger partial charge in [-0.15, -0.1) is 0 Å². The molecule has 114 valence electrons. The maximum absolute atomic E-state index is 15.2. The van der Waals surface area contributed by atoms with E-state index in [1.54, 1.807) is 24.3 Å². The van der Waals surface area contributed by atoms with Gasteiger partial charge in [-0.25, -0.2) is 9.37 Å². The van der Waals surface area contributed by atoms with E-state index in [1.807, 2.05) is 36.4 Å². The number of hydrogen-bond donors (Lipinski definition) is 0. The molecule has 0 fully saturated rings. The molecule has 2 nitrogen and oxygen atoms in total. The molecule has 1 atom stereocenters. The zero-order valence-electron chi connectivity index (χ0n) is 12.2. The zero-order valence-corrected chi connectivity index (χ0v) is 12.9. The van der Waals surface area contributed by atoms with Gasteiger partial charge in [0.15, 0.2) is 5.58 Å². The van der Waals surface area contributed by atoms with Crippen molar-refractivity contribution in [2.75, 3.05) is 0 Å². The van der Waals surface area contributed by atoms with Gasteiger partial charge >= 0.3 is 0 Å². The van der Waals surface area contributed by atoms with Crippen molar-refractivity contribution in [1.82, 2.24) is 4.98 Å². The molecule has 23 heavy (non-hydrogen) atoms. The van der Waals surface area contributed by atoms with Crippen LogP contribution in [0.2, 0.25) is 5.02 Å². The Morgan fingerprint density at radius 1 is 1.13 bits per heavy atom. The van der Waals surface area contributed by atoms with E-state index < -0.39 is 5.67 Å². The summed E-state index contributed by atoms with van der Waals surface area (Å²) in [5.74, 6) is 0.0642. The van der Waals surface area contributed by atoms with Crippen LogP contribution in [0.1, 0.15) is 17.9 Å². The van der Waals surface area contributed by atoms with Crippen molar-refractivity contribution in [3.8, 4) is 0 Å². The van der Waals surface area contributed by atoms with Crippen LogP contribution >= 0.6 is 11.6 Å². The largest absolute Gasteiger partial charge is 0.437 e. The second kappa shape index (κ2) is 5.36. The van der Waals surface area contributed by atoms with E-state index in [2.05, 4.69) is 4.98 Å². The predicted molar refractivity (Wildman–Crippen MR) is 90.0 cm³/mol. The lowest BCUT2D eigenvalue weighted by Crippen LogP contribution is -2.18. The van der Waals surface area contributed by atoms with Gasteiger partial charge < -0.3 is 4.42 Å². The van der Waals surface area contributed by atoms with Gasteiger partial charge in [0.2, 0.25) is 11.6 Å². The lowest BCUT2D eigenvalue weighted by atomic mass is 9.91. The minimum atomic E-state index is -1.73. The number of aromatic nitrogens is 1. The number of oxazole rings is 1. The Hall–Kier alpha value is -2.39. The van der Waals surface area contributed by atoms with Crippen LogP contribution in [-0.4, -0.2) is 4.98 Å². The van der Waals surface area contributed by atoms with E-state index in [-0.39, 0.29) is 12.3 Å². The lowest BCUT2D eigenvalue weighted by molar-refractivity contribution is 0.188. The lowest BCUT2D eigenvalue weighted by Gasteiger charge is -2.20. The van der Waals surface area contributed by atoms with Gasteiger partial charge in [-0.3, -0.25) is 0 Å². The average Bonchev–Trinajstić information content (AvgIpc) is 3.00. The molecule has 1 unspecified atom stereocenters. The highest BCUT2D eigenvalue weighted by molar-refractivity contribution is 6.31. The Labute approximate surface area is 137 Å². The average molecular weight is 326 g/mol. The number of hydrogen-bond acceptors (Lipinski definition) is 2. The van der Waals surface area contributed by atoms with E-state index in [9.17, 15) is 0 Å². The highest BCUT2D eigenvalue weighted by atomic mass is 35.5. The molecule has 0 bridgehead atoms. The maximum Gasteiger partial charge on any atom is 0.237 e. The molecule has 1 aliphatic rings. The fraction of sp³-hybridized carbons (Fsp3) is 0.105. The van der Waals surface area contributed by atoms with Gasteiger partial charge in [0.05, 0.1) is 0 Å². The van der Waals surface area contributed by atoms with Crippen molar-refractivity contribution in [1.29, 1.82) is 0 Å². The van der Waals surface area contributed by atoms with E-state index in [0.29, 0.717) is 16.1 Å². The summed E-state index contributed by atoms with van der Waals surface area (Å²) < 4.78 is 20.8. The summed E-state index contributed by atoms with van der Waals surface area (Å²) >= 11 is 5.93. The van der Waals surface area contributed by atoms with E-state index >= 15 is 4.39 Å². The van der Waals surface area contributed by atoms with E-state index in [4.69, 9.17) is 16.0 Å². The molecule has 0 N–H and O–H groups in total. The van der Waals surface area contributed by atoms with E-state index in [1.165, 1.54) is 6.08 Å². The Bertz CT molecular complexity index is 929. The molecule has 0 amide bonds. The summed E-state index contributed by atoms with van der Waals surface area (Å²) in [6.07, 6.45) is 5.35. The molecule has 0 aliphatic heterocycles. The fourth-order valence-electron chi connectivity index (χ4n) is 2.70. The molecule has 0 spiro atoms. The fourth-order valence-corrected chi connectivity index (χ4v) is 2.86. The minimum Gasteiger partial charge on any atom is -0.437 e. The van der Waals surface area contributed by atoms with Crippen LogP contribution in [0.4, 0.5) is 4.39 Å². The number of alkyl halides is 1. The first kappa shape index (κ1) is 14.2. The number of fused-ring (bicyclic) bond motifs is 1. The molecule has 1 aromatic heterocycles. The van der Waals surface area contributed by atoms with Gasteiger partial charge in [-0.2, -0.15) is 0 Å². The molecule has 1 aliphatic carbocycles. The van der Waals surface area contributed by atoms with Crippen LogP contribution in [0.3, 0.4) is 0 Å². The van der Waals surface area contributed by atoms with Gasteiger partial charge in [0, 0.05) is 17.5 Å². The molecule has 4 rings (SSSR count). The van der Waals surface area contributed by atoms with Crippen LogP contribution in [-0.2, 0) is 5.67 Å². The molecule has 3 aromatic rings. The SMILES string of the molecule is FC1(c2nc3ccc(Cl)cc3o2)C=CC(c2ccccc2)=CC1.